The third-order valence-electron chi connectivity index (χ3n) is 1.23. The summed E-state index contributed by atoms with van der Waals surface area (Å²) in [5.74, 6) is 0.313. The molecule has 0 heterocycles. The van der Waals surface area contributed by atoms with Crippen LogP contribution in [0.2, 0.25) is 0 Å². The van der Waals surface area contributed by atoms with Crippen molar-refractivity contribution in [2.24, 2.45) is 16.1 Å². The summed E-state index contributed by atoms with van der Waals surface area (Å²) < 4.78 is 0. The van der Waals surface area contributed by atoms with Crippen LogP contribution in [-0.4, -0.2) is 7.05 Å². The van der Waals surface area contributed by atoms with E-state index in [0.717, 1.165) is 5.70 Å². The molecule has 2 heteroatoms. The summed E-state index contributed by atoms with van der Waals surface area (Å²) in [6.45, 7) is 9.30. The van der Waals surface area contributed by atoms with Gasteiger partial charge in [0.05, 0.1) is 5.70 Å². The van der Waals surface area contributed by atoms with Crippen LogP contribution in [0, 0.1) is 5.92 Å². The highest BCUT2D eigenvalue weighted by Gasteiger charge is 1.91. The molecule has 60 valence electrons. The molecule has 0 spiro atoms. The van der Waals surface area contributed by atoms with E-state index in [1.54, 1.807) is 13.1 Å². The molecule has 0 radical (unpaired) electrons. The third kappa shape index (κ3) is 4.25. The van der Waals surface area contributed by atoms with Crippen molar-refractivity contribution in [3.05, 3.63) is 37.1 Å². The van der Waals surface area contributed by atoms with Gasteiger partial charge in [0, 0.05) is 7.05 Å². The summed E-state index contributed by atoms with van der Waals surface area (Å²) in [7, 11) is 1.63. The fourth-order valence-electron chi connectivity index (χ4n) is 0.595. The summed E-state index contributed by atoms with van der Waals surface area (Å²) in [6.07, 6.45) is 5.47. The second-order valence-corrected chi connectivity index (χ2v) is 2.19. The maximum atomic E-state index is 3.85. The summed E-state index contributed by atoms with van der Waals surface area (Å²) in [4.78, 5) is 0. The Morgan fingerprint density at radius 1 is 1.45 bits per heavy atom. The molecule has 0 fully saturated rings. The van der Waals surface area contributed by atoms with E-state index in [2.05, 4.69) is 23.4 Å². The van der Waals surface area contributed by atoms with Crippen LogP contribution < -0.4 is 0 Å². The maximum absolute atomic E-state index is 3.85. The molecule has 0 aliphatic rings. The minimum absolute atomic E-state index is 0.313. The largest absolute Gasteiger partial charge is 0.192 e. The zero-order valence-corrected chi connectivity index (χ0v) is 7.12. The number of rotatable bonds is 4. The quantitative estimate of drug-likeness (QED) is 0.334. The highest BCUT2D eigenvalue weighted by atomic mass is 15.1. The van der Waals surface area contributed by atoms with Gasteiger partial charge < -0.3 is 0 Å². The van der Waals surface area contributed by atoms with Crippen molar-refractivity contribution in [1.29, 1.82) is 0 Å². The van der Waals surface area contributed by atoms with Crippen LogP contribution in [0.4, 0.5) is 0 Å². The molecule has 0 unspecified atom stereocenters. The van der Waals surface area contributed by atoms with Gasteiger partial charge in [-0.15, -0.1) is 6.58 Å². The van der Waals surface area contributed by atoms with E-state index >= 15 is 0 Å². The predicted octanol–water partition coefficient (Wildman–Crippen LogP) is 2.96. The number of nitrogens with zero attached hydrogens (tertiary/aromatic N) is 2. The van der Waals surface area contributed by atoms with Crippen LogP contribution in [0.1, 0.15) is 6.92 Å². The summed E-state index contributed by atoms with van der Waals surface area (Å²) in [6, 6.07) is 0. The Morgan fingerprint density at radius 3 is 2.45 bits per heavy atom. The lowest BCUT2D eigenvalue weighted by molar-refractivity contribution is 0.922. The van der Waals surface area contributed by atoms with Gasteiger partial charge in [0.15, 0.2) is 0 Å². The average Bonchev–Trinajstić information content (AvgIpc) is 2.03. The minimum Gasteiger partial charge on any atom is -0.192 e. The van der Waals surface area contributed by atoms with Gasteiger partial charge in [0.2, 0.25) is 0 Å². The molecule has 0 aromatic carbocycles. The molecule has 1 atom stereocenters. The topological polar surface area (TPSA) is 24.7 Å². The lowest BCUT2D eigenvalue weighted by Gasteiger charge is -1.96. The fourth-order valence-corrected chi connectivity index (χ4v) is 0.595. The van der Waals surface area contributed by atoms with Gasteiger partial charge in [-0.3, -0.25) is 0 Å². The van der Waals surface area contributed by atoms with Crippen molar-refractivity contribution < 1.29 is 0 Å². The van der Waals surface area contributed by atoms with Crippen molar-refractivity contribution in [3.8, 4) is 0 Å². The molecule has 0 saturated heterocycles. The molecule has 0 saturated carbocycles. The Hall–Kier alpha value is -1.18. The smallest absolute Gasteiger partial charge is 0.0812 e. The lowest BCUT2D eigenvalue weighted by atomic mass is 10.1. The van der Waals surface area contributed by atoms with Gasteiger partial charge in [-0.05, 0) is 12.0 Å². The molecule has 0 aromatic rings. The minimum atomic E-state index is 0.313. The second kappa shape index (κ2) is 5.59. The summed E-state index contributed by atoms with van der Waals surface area (Å²) in [5, 5.41) is 7.50. The second-order valence-electron chi connectivity index (χ2n) is 2.19. The third-order valence-corrected chi connectivity index (χ3v) is 1.23. The average molecular weight is 150 g/mol. The standard InChI is InChI=1S/C9H14N2/c1-5-8(3)7-9(6-2)11-10-4/h5-8H,1-2H2,3-4H3/b9-7+,11-10?/t8-/m0/s1. The molecule has 2 nitrogen and oxygen atoms in total. The monoisotopic (exact) mass is 150 g/mol. The normalized spacial score (nSPS) is 14.9. The number of hydrogen-bond donors (Lipinski definition) is 0. The highest BCUT2D eigenvalue weighted by molar-refractivity contribution is 5.16. The van der Waals surface area contributed by atoms with E-state index in [0.29, 0.717) is 5.92 Å². The Balaban J connectivity index is 4.33. The first kappa shape index (κ1) is 9.82. The maximum Gasteiger partial charge on any atom is 0.0812 e. The Morgan fingerprint density at radius 2 is 2.09 bits per heavy atom. The molecule has 0 amide bonds. The number of allylic oxidation sites excluding steroid dienone is 3. The van der Waals surface area contributed by atoms with Crippen LogP contribution in [0.3, 0.4) is 0 Å². The first-order valence-corrected chi connectivity index (χ1v) is 3.51. The van der Waals surface area contributed by atoms with Crippen molar-refractivity contribution in [1.82, 2.24) is 0 Å². The zero-order chi connectivity index (χ0) is 8.69. The van der Waals surface area contributed by atoms with E-state index in [4.69, 9.17) is 0 Å². The number of hydrogen-bond acceptors (Lipinski definition) is 2. The first-order valence-electron chi connectivity index (χ1n) is 3.51. The van der Waals surface area contributed by atoms with Crippen molar-refractivity contribution in [3.63, 3.8) is 0 Å². The number of azo groups is 1. The Labute approximate surface area is 68.0 Å². The molecular weight excluding hydrogens is 136 g/mol. The van der Waals surface area contributed by atoms with Crippen LogP contribution in [0.5, 0.6) is 0 Å². The Bertz CT molecular complexity index is 190. The molecule has 0 aromatic heterocycles. The van der Waals surface area contributed by atoms with Gasteiger partial charge >= 0.3 is 0 Å². The van der Waals surface area contributed by atoms with Crippen molar-refractivity contribution in [2.75, 3.05) is 7.05 Å². The van der Waals surface area contributed by atoms with E-state index in [1.165, 1.54) is 0 Å². The van der Waals surface area contributed by atoms with E-state index in [-0.39, 0.29) is 0 Å². The lowest BCUT2D eigenvalue weighted by Crippen LogP contribution is -1.82. The molecule has 0 rings (SSSR count). The van der Waals surface area contributed by atoms with Crippen molar-refractivity contribution in [2.45, 2.75) is 6.92 Å². The summed E-state index contributed by atoms with van der Waals surface area (Å²) >= 11 is 0. The molecule has 11 heavy (non-hydrogen) atoms. The van der Waals surface area contributed by atoms with Gasteiger partial charge in [0.1, 0.15) is 0 Å². The molecule has 0 aliphatic carbocycles. The van der Waals surface area contributed by atoms with E-state index < -0.39 is 0 Å². The van der Waals surface area contributed by atoms with Crippen LogP contribution in [0.15, 0.2) is 47.3 Å². The van der Waals surface area contributed by atoms with Crippen LogP contribution >= 0.6 is 0 Å². The molecule has 0 N–H and O–H groups in total. The van der Waals surface area contributed by atoms with Gasteiger partial charge in [-0.1, -0.05) is 25.7 Å². The van der Waals surface area contributed by atoms with Gasteiger partial charge in [-0.25, -0.2) is 0 Å². The van der Waals surface area contributed by atoms with Gasteiger partial charge in [0.25, 0.3) is 0 Å². The molecule has 0 aliphatic heterocycles. The summed E-state index contributed by atoms with van der Waals surface area (Å²) in [5.41, 5.74) is 0.792. The molecule has 0 bridgehead atoms. The molecular formula is C9H14N2. The first-order chi connectivity index (χ1) is 5.24. The van der Waals surface area contributed by atoms with Crippen LogP contribution in [0.25, 0.3) is 0 Å². The highest BCUT2D eigenvalue weighted by Crippen LogP contribution is 2.06. The van der Waals surface area contributed by atoms with E-state index in [1.807, 2.05) is 19.1 Å². The van der Waals surface area contributed by atoms with Crippen LogP contribution in [-0.2, 0) is 0 Å². The Kier molecular flexibility index (Phi) is 4.99. The fraction of sp³-hybridized carbons (Fsp3) is 0.333. The predicted molar refractivity (Wildman–Crippen MR) is 48.4 cm³/mol. The van der Waals surface area contributed by atoms with Gasteiger partial charge in [-0.2, -0.15) is 10.2 Å². The SMILES string of the molecule is C=C/C(=C\[C@@H](C)C=C)N=NC. The van der Waals surface area contributed by atoms with Crippen molar-refractivity contribution >= 4 is 0 Å². The van der Waals surface area contributed by atoms with E-state index in [9.17, 15) is 0 Å². The zero-order valence-electron chi connectivity index (χ0n) is 7.12.